The first kappa shape index (κ1) is 30.6. The predicted octanol–water partition coefficient (Wildman–Crippen LogP) is 7.20. The second-order valence-electron chi connectivity index (χ2n) is 13.0. The van der Waals surface area contributed by atoms with Gasteiger partial charge in [-0.05, 0) is 58.7 Å². The van der Waals surface area contributed by atoms with E-state index in [-0.39, 0.29) is 5.92 Å². The number of nitrogens with zero attached hydrogens (tertiary/aromatic N) is 6. The summed E-state index contributed by atoms with van der Waals surface area (Å²) >= 11 is 6.73. The van der Waals surface area contributed by atoms with Gasteiger partial charge >= 0.3 is 0 Å². The number of fused-ring (bicyclic) bond motifs is 2. The quantitative estimate of drug-likeness (QED) is 0.186. The van der Waals surface area contributed by atoms with Gasteiger partial charge in [-0.15, -0.1) is 0 Å². The normalized spacial score (nSPS) is 22.0. The molecule has 0 saturated carbocycles. The third-order valence-electron chi connectivity index (χ3n) is 9.61. The van der Waals surface area contributed by atoms with E-state index in [1.807, 2.05) is 65.7 Å². The smallest absolute Gasteiger partial charge is 0.225 e. The summed E-state index contributed by atoms with van der Waals surface area (Å²) in [5, 5.41) is 15.3. The van der Waals surface area contributed by atoms with Crippen LogP contribution in [0, 0.1) is 17.2 Å². The molecule has 2 aliphatic heterocycles. The molecule has 1 N–H and O–H groups in total. The fraction of sp³-hybridized carbons (Fsp3) is 0.297. The topological polar surface area (TPSA) is 94.1 Å². The number of pyridine rings is 2. The molecule has 11 heteroatoms. The van der Waals surface area contributed by atoms with Crippen molar-refractivity contribution in [3.63, 3.8) is 0 Å². The van der Waals surface area contributed by atoms with Gasteiger partial charge in [0.25, 0.3) is 0 Å². The van der Waals surface area contributed by atoms with Gasteiger partial charge in [-0.3, -0.25) is 14.8 Å². The van der Waals surface area contributed by atoms with Crippen molar-refractivity contribution in [2.75, 3.05) is 31.5 Å². The molecule has 0 radical (unpaired) electrons. The zero-order chi connectivity index (χ0) is 33.0. The largest absolute Gasteiger partial charge is 0.436 e. The molecule has 0 bridgehead atoms. The lowest BCUT2D eigenvalue weighted by Crippen LogP contribution is -2.47. The van der Waals surface area contributed by atoms with Gasteiger partial charge in [-0.2, -0.15) is 5.26 Å². The number of oxazole rings is 1. The molecule has 242 valence electrons. The van der Waals surface area contributed by atoms with Gasteiger partial charge in [-0.1, -0.05) is 48.9 Å². The van der Waals surface area contributed by atoms with E-state index in [0.29, 0.717) is 78.2 Å². The van der Waals surface area contributed by atoms with Gasteiger partial charge in [0.1, 0.15) is 35.0 Å². The highest BCUT2D eigenvalue weighted by Crippen LogP contribution is 2.47. The molecule has 2 unspecified atom stereocenters. The second-order valence-corrected chi connectivity index (χ2v) is 13.4. The van der Waals surface area contributed by atoms with Crippen molar-refractivity contribution in [1.29, 1.82) is 5.26 Å². The van der Waals surface area contributed by atoms with Crippen LogP contribution in [0.25, 0.3) is 27.6 Å². The van der Waals surface area contributed by atoms with E-state index in [4.69, 9.17) is 31.0 Å². The van der Waals surface area contributed by atoms with Crippen LogP contribution >= 0.6 is 11.6 Å². The first-order chi connectivity index (χ1) is 23.3. The van der Waals surface area contributed by atoms with Crippen molar-refractivity contribution in [2.24, 2.45) is 5.92 Å². The molecular formula is C37H32ClF2N7O. The molecule has 2 aromatic carbocycles. The number of allylic oxidation sites excluding steroid dienone is 2. The Kier molecular flexibility index (Phi) is 7.71. The van der Waals surface area contributed by atoms with Crippen molar-refractivity contribution in [3.05, 3.63) is 112 Å². The molecule has 8 rings (SSSR count). The van der Waals surface area contributed by atoms with Crippen LogP contribution in [0.15, 0.2) is 83.6 Å². The molecule has 2 atom stereocenters. The maximum Gasteiger partial charge on any atom is 0.225 e. The number of likely N-dealkylation sites (tertiary alicyclic amines) is 2. The molecule has 0 amide bonds. The summed E-state index contributed by atoms with van der Waals surface area (Å²) in [5.74, 6) is 0.611. The fourth-order valence-electron chi connectivity index (χ4n) is 7.03. The Bertz CT molecular complexity index is 2150. The standard InChI is InChI=1S/C37H32ClF2N7O/c1-22-29(30-5-2-3-7-31(30)38)6-4-9-37(22,36-44-32-13-23(16-46-18-27(39)19-46)11-26(14-41)34(32)48-36)45-35-33-25(8-10-42-35)12-24(15-43-33)17-47-20-28(40)21-47/h2-13,15,22,27-28H,16-21H2,1H3,(H,42,45). The van der Waals surface area contributed by atoms with Crippen molar-refractivity contribution < 1.29 is 13.2 Å². The Morgan fingerprint density at radius 3 is 2.50 bits per heavy atom. The number of alkyl halides is 2. The molecule has 3 aliphatic rings. The summed E-state index contributed by atoms with van der Waals surface area (Å²) < 4.78 is 33.5. The Labute approximate surface area is 281 Å². The average Bonchev–Trinajstić information content (AvgIpc) is 3.49. The number of nitriles is 1. The lowest BCUT2D eigenvalue weighted by molar-refractivity contribution is 0.0590. The molecular weight excluding hydrogens is 632 g/mol. The highest BCUT2D eigenvalue weighted by atomic mass is 35.5. The molecule has 2 saturated heterocycles. The zero-order valence-electron chi connectivity index (χ0n) is 26.2. The number of anilines is 1. The first-order valence-corrected chi connectivity index (χ1v) is 16.4. The lowest BCUT2D eigenvalue weighted by Gasteiger charge is -2.39. The third kappa shape index (κ3) is 5.42. The Balaban J connectivity index is 1.22. The fourth-order valence-corrected chi connectivity index (χ4v) is 7.27. The number of hydrogen-bond acceptors (Lipinski definition) is 8. The molecule has 0 spiro atoms. The predicted molar refractivity (Wildman–Crippen MR) is 182 cm³/mol. The average molecular weight is 664 g/mol. The number of benzene rings is 2. The van der Waals surface area contributed by atoms with Gasteiger partial charge < -0.3 is 9.73 Å². The van der Waals surface area contributed by atoms with E-state index in [0.717, 1.165) is 27.6 Å². The summed E-state index contributed by atoms with van der Waals surface area (Å²) in [4.78, 5) is 18.6. The second kappa shape index (κ2) is 12.1. The van der Waals surface area contributed by atoms with Crippen LogP contribution in [0.1, 0.15) is 35.1 Å². The van der Waals surface area contributed by atoms with Crippen LogP contribution in [0.3, 0.4) is 0 Å². The van der Waals surface area contributed by atoms with Crippen molar-refractivity contribution >= 4 is 45.0 Å². The minimum absolute atomic E-state index is 0.278. The SMILES string of the molecule is CC1C(c2ccccc2Cl)=CC=CC1(Nc1nccc2cc(CN3CC(F)C3)cnc12)c1nc2cc(CN3CC(F)C3)cc(C#N)c2o1. The van der Waals surface area contributed by atoms with E-state index < -0.39 is 17.9 Å². The van der Waals surface area contributed by atoms with Crippen LogP contribution in [-0.4, -0.2) is 63.3 Å². The third-order valence-corrected chi connectivity index (χ3v) is 9.94. The molecule has 3 aromatic heterocycles. The van der Waals surface area contributed by atoms with E-state index in [2.05, 4.69) is 29.3 Å². The van der Waals surface area contributed by atoms with Crippen molar-refractivity contribution in [2.45, 2.75) is 37.9 Å². The van der Waals surface area contributed by atoms with Crippen LogP contribution in [0.5, 0.6) is 0 Å². The van der Waals surface area contributed by atoms with Gasteiger partial charge in [0.2, 0.25) is 5.89 Å². The number of halogens is 3. The molecule has 48 heavy (non-hydrogen) atoms. The number of rotatable bonds is 8. The van der Waals surface area contributed by atoms with Crippen LogP contribution in [-0.2, 0) is 18.6 Å². The maximum absolute atomic E-state index is 13.5. The maximum atomic E-state index is 13.5. The summed E-state index contributed by atoms with van der Waals surface area (Å²) in [6.07, 6.45) is 7.96. The minimum Gasteiger partial charge on any atom is -0.436 e. The molecule has 5 heterocycles. The van der Waals surface area contributed by atoms with Gasteiger partial charge in [0, 0.05) is 68.0 Å². The number of nitrogens with one attached hydrogen (secondary N) is 1. The van der Waals surface area contributed by atoms with E-state index >= 15 is 0 Å². The Morgan fingerprint density at radius 2 is 1.77 bits per heavy atom. The van der Waals surface area contributed by atoms with Crippen LogP contribution in [0.4, 0.5) is 14.6 Å². The summed E-state index contributed by atoms with van der Waals surface area (Å²) in [7, 11) is 0. The molecule has 5 aromatic rings. The molecule has 8 nitrogen and oxygen atoms in total. The van der Waals surface area contributed by atoms with Crippen LogP contribution in [0.2, 0.25) is 5.02 Å². The van der Waals surface area contributed by atoms with Crippen molar-refractivity contribution in [1.82, 2.24) is 24.8 Å². The van der Waals surface area contributed by atoms with Gasteiger partial charge in [-0.25, -0.2) is 18.7 Å². The molecule has 1 aliphatic carbocycles. The van der Waals surface area contributed by atoms with E-state index in [9.17, 15) is 14.0 Å². The summed E-state index contributed by atoms with van der Waals surface area (Å²) in [6, 6.07) is 17.6. The Hall–Kier alpha value is -4.69. The summed E-state index contributed by atoms with van der Waals surface area (Å²) in [5.41, 5.74) is 4.60. The highest BCUT2D eigenvalue weighted by Gasteiger charge is 2.45. The van der Waals surface area contributed by atoms with Gasteiger partial charge in [0.05, 0.1) is 5.56 Å². The molecule has 2 fully saturated rings. The monoisotopic (exact) mass is 663 g/mol. The van der Waals surface area contributed by atoms with E-state index in [1.54, 1.807) is 12.3 Å². The number of hydrogen-bond donors (Lipinski definition) is 1. The van der Waals surface area contributed by atoms with E-state index in [1.165, 1.54) is 0 Å². The zero-order valence-corrected chi connectivity index (χ0v) is 27.0. The Morgan fingerprint density at radius 1 is 1.02 bits per heavy atom. The minimum atomic E-state index is -1.07. The first-order valence-electron chi connectivity index (χ1n) is 16.0. The van der Waals surface area contributed by atoms with Crippen molar-refractivity contribution in [3.8, 4) is 6.07 Å². The van der Waals surface area contributed by atoms with Crippen LogP contribution < -0.4 is 5.32 Å². The van der Waals surface area contributed by atoms with Gasteiger partial charge in [0.15, 0.2) is 11.4 Å². The summed E-state index contributed by atoms with van der Waals surface area (Å²) in [6.45, 7) is 4.85. The lowest BCUT2D eigenvalue weighted by atomic mass is 9.74. The number of aromatic nitrogens is 3. The highest BCUT2D eigenvalue weighted by molar-refractivity contribution is 6.32.